The second kappa shape index (κ2) is 15.8. The van der Waals surface area contributed by atoms with Crippen LogP contribution in [0.2, 0.25) is 0 Å². The van der Waals surface area contributed by atoms with Crippen molar-refractivity contribution in [1.82, 2.24) is 29.7 Å². The predicted molar refractivity (Wildman–Crippen MR) is 246 cm³/mol. The van der Waals surface area contributed by atoms with Crippen LogP contribution in [0.4, 0.5) is 19.0 Å². The molecule has 5 saturated heterocycles. The van der Waals surface area contributed by atoms with E-state index >= 15 is 13.6 Å². The molecule has 5 fully saturated rings. The molecule has 2 aromatic heterocycles. The highest BCUT2D eigenvalue weighted by atomic mass is 19.1. The number of benzene rings is 5. The lowest BCUT2D eigenvalue weighted by Crippen LogP contribution is -2.57. The molecule has 13 heteroatoms. The molecule has 5 aromatic carbocycles. The van der Waals surface area contributed by atoms with Crippen molar-refractivity contribution in [3.8, 4) is 23.0 Å². The molecule has 1 N–H and O–H groups in total. The Morgan fingerprint density at radius 1 is 0.818 bits per heavy atom. The van der Waals surface area contributed by atoms with Gasteiger partial charge < -0.3 is 19.6 Å². The number of carbonyl (C=O) groups is 1. The summed E-state index contributed by atoms with van der Waals surface area (Å²) in [6, 6.07) is 37.7. The number of ether oxygens (including phenoxy) is 1. The fraction of sp³-hybridized carbons (Fsp3) is 0.321. The van der Waals surface area contributed by atoms with E-state index in [-0.39, 0.29) is 64.6 Å². The maximum Gasteiger partial charge on any atom is 0.319 e. The second-order valence-corrected chi connectivity index (χ2v) is 18.7. The molecule has 334 valence electrons. The minimum absolute atomic E-state index is 0.0532. The normalized spacial score (nSPS) is 24.9. The Labute approximate surface area is 380 Å². The van der Waals surface area contributed by atoms with E-state index in [9.17, 15) is 9.50 Å². The number of piperazine rings is 1. The highest BCUT2D eigenvalue weighted by Gasteiger charge is 2.59. The molecule has 1 unspecified atom stereocenters. The standard InChI is InChI=1S/C53H48F3N7O3/c54-37-26-52(22-11-23-61(52)28-37)32-66-51-58-48-42(27-57-47(46(48)56)41-25-40(64)24-33-12-10-19-43(55)45(33)41)49(59-51)60-29-38-20-21-39(30-60)63(38)50(65)44-31-62(44)53(34-13-4-1-5-14-34,35-15-6-2-7-16-35)36-17-8-3-9-18-36/h1-10,12-19,24-25,27,37-39,44,64H,11,20-23,26,28-32H2/t37-,38-,39+,44?,52+,62+/m1/s1. The molecule has 0 aliphatic carbocycles. The van der Waals surface area contributed by atoms with E-state index < -0.39 is 28.9 Å². The summed E-state index contributed by atoms with van der Waals surface area (Å²) >= 11 is 0. The lowest BCUT2D eigenvalue weighted by Gasteiger charge is -2.43. The summed E-state index contributed by atoms with van der Waals surface area (Å²) in [6.45, 7) is 2.73. The van der Waals surface area contributed by atoms with Crippen molar-refractivity contribution in [1.29, 1.82) is 0 Å². The number of rotatable bonds is 10. The molecule has 1 amide bonds. The summed E-state index contributed by atoms with van der Waals surface area (Å²) in [5.74, 6) is -1.04. The number of fused-ring (bicyclic) bond motifs is 5. The summed E-state index contributed by atoms with van der Waals surface area (Å²) < 4.78 is 53.9. The van der Waals surface area contributed by atoms with Gasteiger partial charge in [-0.3, -0.25) is 19.6 Å². The lowest BCUT2D eigenvalue weighted by molar-refractivity contribution is -0.135. The smallest absolute Gasteiger partial charge is 0.319 e. The third kappa shape index (κ3) is 6.52. The van der Waals surface area contributed by atoms with Gasteiger partial charge in [0.05, 0.1) is 16.5 Å². The molecule has 2 bridgehead atoms. The number of phenols is 1. The van der Waals surface area contributed by atoms with Crippen LogP contribution in [0.15, 0.2) is 128 Å². The first-order chi connectivity index (χ1) is 32.2. The van der Waals surface area contributed by atoms with E-state index in [1.165, 1.54) is 30.5 Å². The number of aromatic hydroxyl groups is 1. The van der Waals surface area contributed by atoms with Crippen molar-refractivity contribution >= 4 is 33.4 Å². The Balaban J connectivity index is 0.894. The number of carbonyl (C=O) groups excluding carboxylic acids is 1. The molecule has 0 radical (unpaired) electrons. The van der Waals surface area contributed by atoms with E-state index in [0.29, 0.717) is 49.2 Å². The molecule has 5 aliphatic rings. The third-order valence-corrected chi connectivity index (χ3v) is 15.0. The molecule has 10 nitrogen and oxygen atoms in total. The minimum atomic E-state index is -0.964. The SMILES string of the molecule is O=C(C1C[N@]1C(c1ccccc1)(c1ccccc1)c1ccccc1)N1[C@@H]2CC[C@H]1CN(c1nc(OC[C@@]34CCCN3C[C@H](F)C4)nc3c(F)c(-c4cc(O)cc5cccc(F)c45)ncc13)C2. The van der Waals surface area contributed by atoms with Crippen LogP contribution < -0.4 is 9.64 Å². The van der Waals surface area contributed by atoms with Crippen LogP contribution >= 0.6 is 0 Å². The van der Waals surface area contributed by atoms with Crippen molar-refractivity contribution in [3.05, 3.63) is 156 Å². The summed E-state index contributed by atoms with van der Waals surface area (Å²) in [7, 11) is 0. The molecular weight excluding hydrogens is 840 g/mol. The zero-order valence-corrected chi connectivity index (χ0v) is 36.2. The van der Waals surface area contributed by atoms with Crippen molar-refractivity contribution in [2.75, 3.05) is 44.2 Å². The number of phenolic OH excluding ortho intramolecular Hbond substituents is 1. The maximum atomic E-state index is 17.3. The van der Waals surface area contributed by atoms with Gasteiger partial charge in [-0.25, -0.2) is 13.2 Å². The van der Waals surface area contributed by atoms with Gasteiger partial charge in [0.2, 0.25) is 5.91 Å². The average molecular weight is 888 g/mol. The topological polar surface area (TPSA) is 97.9 Å². The fourth-order valence-electron chi connectivity index (χ4n) is 12.1. The van der Waals surface area contributed by atoms with E-state index in [1.54, 1.807) is 6.07 Å². The van der Waals surface area contributed by atoms with Gasteiger partial charge in [-0.05, 0) is 72.5 Å². The Kier molecular flexibility index (Phi) is 9.79. The number of alkyl halides is 1. The number of hydrogen-bond donors (Lipinski definition) is 1. The first-order valence-electron chi connectivity index (χ1n) is 23.0. The van der Waals surface area contributed by atoms with Crippen LogP contribution in [-0.4, -0.2) is 110 Å². The summed E-state index contributed by atoms with van der Waals surface area (Å²) in [4.78, 5) is 37.9. The number of halogens is 3. The molecule has 0 spiro atoms. The first-order valence-corrected chi connectivity index (χ1v) is 23.0. The molecular formula is C53H48F3N7O3. The summed E-state index contributed by atoms with van der Waals surface area (Å²) in [6.07, 6.45) is 4.16. The van der Waals surface area contributed by atoms with Gasteiger partial charge in [0, 0.05) is 61.8 Å². The highest BCUT2D eigenvalue weighted by molar-refractivity contribution is 6.00. The molecule has 7 aromatic rings. The predicted octanol–water partition coefficient (Wildman–Crippen LogP) is 8.64. The number of amides is 1. The van der Waals surface area contributed by atoms with E-state index in [0.717, 1.165) is 48.9 Å². The van der Waals surface area contributed by atoms with Crippen LogP contribution in [0, 0.1) is 11.6 Å². The summed E-state index contributed by atoms with van der Waals surface area (Å²) in [5, 5.41) is 11.5. The van der Waals surface area contributed by atoms with Crippen LogP contribution in [0.25, 0.3) is 32.9 Å². The van der Waals surface area contributed by atoms with Crippen molar-refractivity contribution in [3.63, 3.8) is 0 Å². The van der Waals surface area contributed by atoms with Gasteiger partial charge in [0.15, 0.2) is 5.82 Å². The van der Waals surface area contributed by atoms with Gasteiger partial charge in [-0.15, -0.1) is 0 Å². The second-order valence-electron chi connectivity index (χ2n) is 18.7. The fourth-order valence-corrected chi connectivity index (χ4v) is 12.1. The van der Waals surface area contributed by atoms with E-state index in [4.69, 9.17) is 9.72 Å². The zero-order valence-electron chi connectivity index (χ0n) is 36.2. The lowest BCUT2D eigenvalue weighted by atomic mass is 9.76. The number of hydrogen-bond acceptors (Lipinski definition) is 9. The van der Waals surface area contributed by atoms with Crippen LogP contribution in [0.3, 0.4) is 0 Å². The van der Waals surface area contributed by atoms with Crippen molar-refractivity contribution in [2.24, 2.45) is 0 Å². The molecule has 12 rings (SSSR count). The Bertz CT molecular complexity index is 2890. The third-order valence-electron chi connectivity index (χ3n) is 15.0. The monoisotopic (exact) mass is 887 g/mol. The van der Waals surface area contributed by atoms with Gasteiger partial charge in [-0.1, -0.05) is 103 Å². The van der Waals surface area contributed by atoms with Crippen LogP contribution in [-0.2, 0) is 10.3 Å². The summed E-state index contributed by atoms with van der Waals surface area (Å²) in [5.41, 5.74) is 1.89. The first kappa shape index (κ1) is 40.9. The molecule has 6 atom stereocenters. The van der Waals surface area contributed by atoms with Crippen LogP contribution in [0.1, 0.15) is 48.8 Å². The van der Waals surface area contributed by atoms with Gasteiger partial charge in [0.1, 0.15) is 47.4 Å². The number of aromatic nitrogens is 3. The average Bonchev–Trinajstić information content (AvgIpc) is 3.85. The van der Waals surface area contributed by atoms with Gasteiger partial charge >= 0.3 is 6.01 Å². The van der Waals surface area contributed by atoms with Crippen molar-refractivity contribution in [2.45, 2.75) is 67.5 Å². The molecule has 5 aliphatic heterocycles. The Morgan fingerprint density at radius 2 is 1.48 bits per heavy atom. The number of anilines is 1. The Hall–Kier alpha value is -6.57. The molecule has 66 heavy (non-hydrogen) atoms. The van der Waals surface area contributed by atoms with E-state index in [2.05, 4.69) is 102 Å². The van der Waals surface area contributed by atoms with Crippen LogP contribution in [0.5, 0.6) is 11.8 Å². The maximum absolute atomic E-state index is 17.3. The molecule has 0 saturated carbocycles. The number of pyridine rings is 1. The Morgan fingerprint density at radius 3 is 2.15 bits per heavy atom. The van der Waals surface area contributed by atoms with Gasteiger partial charge in [0.25, 0.3) is 0 Å². The van der Waals surface area contributed by atoms with Gasteiger partial charge in [-0.2, -0.15) is 9.97 Å². The molecule has 7 heterocycles. The number of nitrogens with zero attached hydrogens (tertiary/aromatic N) is 7. The van der Waals surface area contributed by atoms with E-state index in [1.807, 2.05) is 18.2 Å². The largest absolute Gasteiger partial charge is 0.508 e. The minimum Gasteiger partial charge on any atom is -0.508 e. The quantitative estimate of drug-likeness (QED) is 0.107. The highest BCUT2D eigenvalue weighted by Crippen LogP contribution is 2.50. The van der Waals surface area contributed by atoms with Crippen molar-refractivity contribution < 1.29 is 27.8 Å². The zero-order chi connectivity index (χ0) is 44.7.